The minimum Gasteiger partial charge on any atom is -0.385 e. The maximum absolute atomic E-state index is 10.7. The minimum absolute atomic E-state index is 0. The van der Waals surface area contributed by atoms with Crippen molar-refractivity contribution in [1.82, 2.24) is 4.90 Å². The van der Waals surface area contributed by atoms with Crippen molar-refractivity contribution in [3.8, 4) is 0 Å². The highest BCUT2D eigenvalue weighted by Gasteiger charge is 2.04. The second kappa shape index (κ2) is 10.4. The first-order chi connectivity index (χ1) is 11.5. The molecule has 0 heterocycles. The van der Waals surface area contributed by atoms with Crippen molar-refractivity contribution < 1.29 is 4.92 Å². The highest BCUT2D eigenvalue weighted by molar-refractivity contribution is 5.85. The lowest BCUT2D eigenvalue weighted by atomic mass is 10.3. The van der Waals surface area contributed by atoms with Crippen LogP contribution in [0.2, 0.25) is 0 Å². The van der Waals surface area contributed by atoms with Gasteiger partial charge in [-0.1, -0.05) is 6.07 Å². The van der Waals surface area contributed by atoms with Crippen molar-refractivity contribution in [1.29, 1.82) is 0 Å². The van der Waals surface area contributed by atoms with Gasteiger partial charge in [0.1, 0.15) is 0 Å². The van der Waals surface area contributed by atoms with Crippen LogP contribution in [0, 0.1) is 10.1 Å². The summed E-state index contributed by atoms with van der Waals surface area (Å²) in [5, 5.41) is 22.2. The zero-order valence-electron chi connectivity index (χ0n) is 14.3. The highest BCUT2D eigenvalue weighted by Crippen LogP contribution is 2.23. The maximum Gasteiger partial charge on any atom is 0.271 e. The Morgan fingerprint density at radius 3 is 2.40 bits per heavy atom. The summed E-state index contributed by atoms with van der Waals surface area (Å²) in [6, 6.07) is 13.7. The first-order valence-corrected chi connectivity index (χ1v) is 7.69. The van der Waals surface area contributed by atoms with E-state index in [0.29, 0.717) is 11.4 Å². The van der Waals surface area contributed by atoms with Crippen LogP contribution >= 0.6 is 12.4 Å². The summed E-state index contributed by atoms with van der Waals surface area (Å²) in [6.45, 7) is 1.95. The van der Waals surface area contributed by atoms with Crippen LogP contribution in [0.1, 0.15) is 6.42 Å². The number of hydrogen-bond acceptors (Lipinski definition) is 6. The number of hydrogen-bond donors (Lipinski definition) is 1. The van der Waals surface area contributed by atoms with Crippen LogP contribution < -0.4 is 5.32 Å². The quantitative estimate of drug-likeness (QED) is 0.316. The zero-order valence-corrected chi connectivity index (χ0v) is 15.1. The molecule has 1 N–H and O–H groups in total. The van der Waals surface area contributed by atoms with Gasteiger partial charge in [0.05, 0.1) is 16.3 Å². The van der Waals surface area contributed by atoms with Crippen LogP contribution in [0.5, 0.6) is 0 Å². The zero-order chi connectivity index (χ0) is 17.4. The van der Waals surface area contributed by atoms with Gasteiger partial charge in [-0.05, 0) is 57.4 Å². The van der Waals surface area contributed by atoms with Gasteiger partial charge in [-0.2, -0.15) is 10.2 Å². The molecule has 2 aromatic rings. The predicted molar refractivity (Wildman–Crippen MR) is 103 cm³/mol. The summed E-state index contributed by atoms with van der Waals surface area (Å²) in [6.07, 6.45) is 1.07. The van der Waals surface area contributed by atoms with Crippen molar-refractivity contribution in [2.75, 3.05) is 32.5 Å². The fourth-order valence-corrected chi connectivity index (χ4v) is 2.06. The molecule has 0 spiro atoms. The van der Waals surface area contributed by atoms with E-state index in [9.17, 15) is 10.1 Å². The molecule has 0 amide bonds. The lowest BCUT2D eigenvalue weighted by Crippen LogP contribution is -2.16. The number of nitro benzene ring substituents is 1. The molecule has 0 fully saturated rings. The number of halogens is 1. The van der Waals surface area contributed by atoms with E-state index >= 15 is 0 Å². The molecule has 0 aliphatic heterocycles. The summed E-state index contributed by atoms with van der Waals surface area (Å²) in [7, 11) is 4.11. The van der Waals surface area contributed by atoms with Gasteiger partial charge < -0.3 is 10.2 Å². The van der Waals surface area contributed by atoms with Crippen LogP contribution in [0.15, 0.2) is 58.8 Å². The molecule has 0 bridgehead atoms. The number of benzene rings is 2. The van der Waals surface area contributed by atoms with Crippen LogP contribution in [0.3, 0.4) is 0 Å². The molecule has 0 aromatic heterocycles. The number of non-ortho nitro benzene ring substituents is 1. The second-order valence-electron chi connectivity index (χ2n) is 5.61. The van der Waals surface area contributed by atoms with Gasteiger partial charge in [0.2, 0.25) is 0 Å². The number of nitrogens with one attached hydrogen (secondary N) is 1. The standard InChI is InChI=1S/C17H21N5O2.ClH/c1-21(2)12-4-11-18-14-7-9-15(10-8-14)19-20-16-5-3-6-17(13-16)22(23)24;/h3,5-10,13,18H,4,11-12H2,1-2H3;1H. The summed E-state index contributed by atoms with van der Waals surface area (Å²) in [4.78, 5) is 12.4. The number of azo groups is 1. The molecule has 0 radical (unpaired) electrons. The third-order valence-corrected chi connectivity index (χ3v) is 3.30. The molecule has 0 atom stereocenters. The largest absolute Gasteiger partial charge is 0.385 e. The maximum atomic E-state index is 10.7. The second-order valence-corrected chi connectivity index (χ2v) is 5.61. The molecule has 2 aromatic carbocycles. The lowest BCUT2D eigenvalue weighted by molar-refractivity contribution is -0.384. The topological polar surface area (TPSA) is 83.1 Å². The SMILES string of the molecule is CN(C)CCCNc1ccc(N=Nc2cccc([N+](=O)[O-])c2)cc1.Cl. The van der Waals surface area contributed by atoms with Crippen molar-refractivity contribution in [3.05, 3.63) is 58.6 Å². The highest BCUT2D eigenvalue weighted by atomic mass is 35.5. The number of nitrogens with zero attached hydrogens (tertiary/aromatic N) is 4. The van der Waals surface area contributed by atoms with Gasteiger partial charge in [0.25, 0.3) is 5.69 Å². The molecule has 0 saturated heterocycles. The third-order valence-electron chi connectivity index (χ3n) is 3.30. The van der Waals surface area contributed by atoms with Crippen LogP contribution in [0.25, 0.3) is 0 Å². The Morgan fingerprint density at radius 1 is 1.08 bits per heavy atom. The Kier molecular flexibility index (Phi) is 8.52. The first kappa shape index (κ1) is 20.5. The van der Waals surface area contributed by atoms with Gasteiger partial charge >= 0.3 is 0 Å². The summed E-state index contributed by atoms with van der Waals surface area (Å²) in [5.74, 6) is 0. The fourth-order valence-electron chi connectivity index (χ4n) is 2.06. The normalized spacial score (nSPS) is 10.7. The summed E-state index contributed by atoms with van der Waals surface area (Å²) < 4.78 is 0. The Bertz CT molecular complexity index is 704. The lowest BCUT2D eigenvalue weighted by Gasteiger charge is -2.10. The molecule has 8 heteroatoms. The van der Waals surface area contributed by atoms with Crippen molar-refractivity contribution >= 4 is 35.2 Å². The van der Waals surface area contributed by atoms with E-state index in [0.717, 1.165) is 25.2 Å². The van der Waals surface area contributed by atoms with Crippen molar-refractivity contribution in [2.45, 2.75) is 6.42 Å². The Morgan fingerprint density at radius 2 is 1.76 bits per heavy atom. The van der Waals surface area contributed by atoms with E-state index in [2.05, 4.69) is 34.5 Å². The van der Waals surface area contributed by atoms with Crippen molar-refractivity contribution in [2.24, 2.45) is 10.2 Å². The van der Waals surface area contributed by atoms with Crippen LogP contribution in [-0.4, -0.2) is 37.0 Å². The summed E-state index contributed by atoms with van der Waals surface area (Å²) in [5.41, 5.74) is 2.18. The van der Waals surface area contributed by atoms with Gasteiger partial charge in [-0.15, -0.1) is 12.4 Å². The van der Waals surface area contributed by atoms with Gasteiger partial charge in [-0.25, -0.2) is 0 Å². The molecule has 0 saturated carbocycles. The molecular weight excluding hydrogens is 342 g/mol. The van der Waals surface area contributed by atoms with Crippen LogP contribution in [-0.2, 0) is 0 Å². The fraction of sp³-hybridized carbons (Fsp3) is 0.294. The third kappa shape index (κ3) is 7.28. The molecule has 2 rings (SSSR count). The molecule has 25 heavy (non-hydrogen) atoms. The Labute approximate surface area is 153 Å². The molecule has 7 nitrogen and oxygen atoms in total. The molecule has 0 aliphatic rings. The van der Waals surface area contributed by atoms with E-state index in [1.807, 2.05) is 24.3 Å². The van der Waals surface area contributed by atoms with Crippen molar-refractivity contribution in [3.63, 3.8) is 0 Å². The van der Waals surface area contributed by atoms with Gasteiger partial charge in [0.15, 0.2) is 0 Å². The monoisotopic (exact) mass is 363 g/mol. The van der Waals surface area contributed by atoms with E-state index in [4.69, 9.17) is 0 Å². The van der Waals surface area contributed by atoms with E-state index in [1.165, 1.54) is 12.1 Å². The smallest absolute Gasteiger partial charge is 0.271 e. The number of nitro groups is 1. The number of anilines is 1. The van der Waals surface area contributed by atoms with Gasteiger partial charge in [-0.3, -0.25) is 10.1 Å². The Hall–Kier alpha value is -2.51. The molecule has 134 valence electrons. The van der Waals surface area contributed by atoms with E-state index in [-0.39, 0.29) is 18.1 Å². The summed E-state index contributed by atoms with van der Waals surface area (Å²) >= 11 is 0. The average molecular weight is 364 g/mol. The molecule has 0 aliphatic carbocycles. The van der Waals surface area contributed by atoms with Crippen LogP contribution in [0.4, 0.5) is 22.7 Å². The van der Waals surface area contributed by atoms with E-state index in [1.54, 1.807) is 12.1 Å². The molecule has 0 unspecified atom stereocenters. The molecular formula is C17H22ClN5O2. The predicted octanol–water partition coefficient (Wildman–Crippen LogP) is 4.80. The minimum atomic E-state index is -0.449. The van der Waals surface area contributed by atoms with Gasteiger partial charge in [0, 0.05) is 24.4 Å². The number of rotatable bonds is 8. The van der Waals surface area contributed by atoms with E-state index < -0.39 is 4.92 Å². The Balaban J connectivity index is 0.00000312. The first-order valence-electron chi connectivity index (χ1n) is 7.69. The average Bonchev–Trinajstić information content (AvgIpc) is 2.58.